The lowest BCUT2D eigenvalue weighted by atomic mass is 9.75. The van der Waals surface area contributed by atoms with Crippen LogP contribution in [0.2, 0.25) is 0 Å². The zero-order valence-electron chi connectivity index (χ0n) is 9.23. The summed E-state index contributed by atoms with van der Waals surface area (Å²) in [6.07, 6.45) is 3.16. The lowest BCUT2D eigenvalue weighted by molar-refractivity contribution is -0.150. The summed E-state index contributed by atoms with van der Waals surface area (Å²) in [6.45, 7) is 1.82. The first-order valence-electron chi connectivity index (χ1n) is 5.37. The van der Waals surface area contributed by atoms with Gasteiger partial charge in [-0.15, -0.1) is 0 Å². The minimum absolute atomic E-state index is 0.160. The molecule has 0 aromatic carbocycles. The van der Waals surface area contributed by atoms with Gasteiger partial charge in [0.25, 0.3) is 0 Å². The Morgan fingerprint density at radius 3 is 2.60 bits per heavy atom. The molecule has 0 amide bonds. The Bertz CT molecular complexity index is 249. The van der Waals surface area contributed by atoms with Gasteiger partial charge < -0.3 is 9.84 Å². The van der Waals surface area contributed by atoms with E-state index in [1.807, 2.05) is 6.92 Å². The van der Waals surface area contributed by atoms with E-state index in [-0.39, 0.29) is 23.7 Å². The fraction of sp³-hybridized carbons (Fsp3) is 0.818. The minimum Gasteiger partial charge on any atom is -0.481 e. The van der Waals surface area contributed by atoms with Crippen LogP contribution in [0.25, 0.3) is 0 Å². The number of esters is 1. The van der Waals surface area contributed by atoms with Crippen LogP contribution in [-0.2, 0) is 14.3 Å². The van der Waals surface area contributed by atoms with Gasteiger partial charge in [-0.05, 0) is 25.2 Å². The smallest absolute Gasteiger partial charge is 0.308 e. The number of carboxylic acids is 1. The van der Waals surface area contributed by atoms with Crippen molar-refractivity contribution in [3.8, 4) is 0 Å². The first-order valence-corrected chi connectivity index (χ1v) is 5.37. The van der Waals surface area contributed by atoms with Crippen molar-refractivity contribution in [3.63, 3.8) is 0 Å². The zero-order chi connectivity index (χ0) is 11.4. The van der Waals surface area contributed by atoms with Crippen LogP contribution in [-0.4, -0.2) is 24.2 Å². The molecule has 0 heterocycles. The number of ether oxygens (including phenoxy) is 1. The van der Waals surface area contributed by atoms with Crippen molar-refractivity contribution >= 4 is 11.9 Å². The summed E-state index contributed by atoms with van der Waals surface area (Å²) < 4.78 is 4.67. The molecule has 1 aliphatic carbocycles. The van der Waals surface area contributed by atoms with Crippen LogP contribution < -0.4 is 0 Å². The Balaban J connectivity index is 2.55. The summed E-state index contributed by atoms with van der Waals surface area (Å²) in [6, 6.07) is 0. The Kier molecular flexibility index (Phi) is 4.12. The van der Waals surface area contributed by atoms with Gasteiger partial charge in [-0.3, -0.25) is 9.59 Å². The fourth-order valence-corrected chi connectivity index (χ4v) is 2.28. The standard InChI is InChI=1S/C11H18O4/c1-7(11(14)15-2)8-4-3-5-9(6-8)10(12)13/h7-9H,3-6H2,1-2H3,(H,12,13). The van der Waals surface area contributed by atoms with Gasteiger partial charge in [0.05, 0.1) is 18.9 Å². The van der Waals surface area contributed by atoms with E-state index in [2.05, 4.69) is 4.74 Å². The third-order valence-electron chi connectivity index (χ3n) is 3.34. The van der Waals surface area contributed by atoms with Crippen molar-refractivity contribution in [1.29, 1.82) is 0 Å². The molecular formula is C11H18O4. The van der Waals surface area contributed by atoms with Crippen molar-refractivity contribution in [1.82, 2.24) is 0 Å². The number of methoxy groups -OCH3 is 1. The van der Waals surface area contributed by atoms with E-state index in [0.29, 0.717) is 6.42 Å². The average Bonchev–Trinajstić information content (AvgIpc) is 2.27. The van der Waals surface area contributed by atoms with Crippen LogP contribution in [0.4, 0.5) is 0 Å². The van der Waals surface area contributed by atoms with Gasteiger partial charge in [-0.2, -0.15) is 0 Å². The molecule has 1 saturated carbocycles. The average molecular weight is 214 g/mol. The van der Waals surface area contributed by atoms with E-state index < -0.39 is 5.97 Å². The van der Waals surface area contributed by atoms with E-state index in [4.69, 9.17) is 5.11 Å². The number of aliphatic carboxylic acids is 1. The molecule has 3 atom stereocenters. The van der Waals surface area contributed by atoms with E-state index in [1.54, 1.807) is 0 Å². The highest BCUT2D eigenvalue weighted by Gasteiger charge is 2.33. The van der Waals surface area contributed by atoms with E-state index in [0.717, 1.165) is 19.3 Å². The van der Waals surface area contributed by atoms with Gasteiger partial charge >= 0.3 is 11.9 Å². The van der Waals surface area contributed by atoms with Gasteiger partial charge in [-0.25, -0.2) is 0 Å². The summed E-state index contributed by atoms with van der Waals surface area (Å²) in [5.41, 5.74) is 0. The topological polar surface area (TPSA) is 63.6 Å². The summed E-state index contributed by atoms with van der Waals surface area (Å²) in [5, 5.41) is 8.92. The van der Waals surface area contributed by atoms with Crippen molar-refractivity contribution in [3.05, 3.63) is 0 Å². The third kappa shape index (κ3) is 2.94. The van der Waals surface area contributed by atoms with Crippen molar-refractivity contribution in [2.75, 3.05) is 7.11 Å². The number of rotatable bonds is 3. The highest BCUT2D eigenvalue weighted by molar-refractivity contribution is 5.73. The van der Waals surface area contributed by atoms with Crippen LogP contribution in [0.1, 0.15) is 32.6 Å². The van der Waals surface area contributed by atoms with Gasteiger partial charge in [0.1, 0.15) is 0 Å². The number of hydrogen-bond donors (Lipinski definition) is 1. The Morgan fingerprint density at radius 1 is 1.40 bits per heavy atom. The lowest BCUT2D eigenvalue weighted by Gasteiger charge is -2.29. The molecule has 1 rings (SSSR count). The molecule has 4 heteroatoms. The maximum atomic E-state index is 11.3. The molecule has 1 fully saturated rings. The predicted molar refractivity (Wildman–Crippen MR) is 54.3 cm³/mol. The molecule has 0 saturated heterocycles. The van der Waals surface area contributed by atoms with E-state index in [9.17, 15) is 9.59 Å². The molecule has 0 aromatic rings. The van der Waals surface area contributed by atoms with Gasteiger partial charge in [0.15, 0.2) is 0 Å². The molecule has 86 valence electrons. The van der Waals surface area contributed by atoms with Gasteiger partial charge in [0, 0.05) is 0 Å². The van der Waals surface area contributed by atoms with Crippen LogP contribution in [0.15, 0.2) is 0 Å². The number of carbonyl (C=O) groups is 2. The molecule has 0 radical (unpaired) electrons. The van der Waals surface area contributed by atoms with Crippen molar-refractivity contribution in [2.24, 2.45) is 17.8 Å². The number of carboxylic acid groups (broad SMARTS) is 1. The molecule has 1 aliphatic rings. The second kappa shape index (κ2) is 5.14. The van der Waals surface area contributed by atoms with Crippen molar-refractivity contribution in [2.45, 2.75) is 32.6 Å². The molecule has 0 aliphatic heterocycles. The summed E-state index contributed by atoms with van der Waals surface area (Å²) in [4.78, 5) is 22.2. The quantitative estimate of drug-likeness (QED) is 0.726. The largest absolute Gasteiger partial charge is 0.481 e. The van der Waals surface area contributed by atoms with Crippen molar-refractivity contribution < 1.29 is 19.4 Å². The van der Waals surface area contributed by atoms with Gasteiger partial charge in [-0.1, -0.05) is 13.3 Å². The first-order chi connectivity index (χ1) is 7.06. The molecule has 3 unspecified atom stereocenters. The van der Waals surface area contributed by atoms with E-state index >= 15 is 0 Å². The van der Waals surface area contributed by atoms with Crippen LogP contribution >= 0.6 is 0 Å². The molecule has 4 nitrogen and oxygen atoms in total. The van der Waals surface area contributed by atoms with E-state index in [1.165, 1.54) is 7.11 Å². The number of carbonyl (C=O) groups excluding carboxylic acids is 1. The minimum atomic E-state index is -0.739. The molecular weight excluding hydrogens is 196 g/mol. The highest BCUT2D eigenvalue weighted by Crippen LogP contribution is 2.34. The second-order valence-electron chi connectivity index (χ2n) is 4.27. The predicted octanol–water partition coefficient (Wildman–Crippen LogP) is 1.69. The molecule has 1 N–H and O–H groups in total. The normalized spacial score (nSPS) is 28.1. The lowest BCUT2D eigenvalue weighted by Crippen LogP contribution is -2.30. The first kappa shape index (κ1) is 12.0. The fourth-order valence-electron chi connectivity index (χ4n) is 2.28. The summed E-state index contributed by atoms with van der Waals surface area (Å²) >= 11 is 0. The van der Waals surface area contributed by atoms with Crippen LogP contribution in [0.5, 0.6) is 0 Å². The Morgan fingerprint density at radius 2 is 2.07 bits per heavy atom. The summed E-state index contributed by atoms with van der Waals surface area (Å²) in [5.74, 6) is -1.27. The van der Waals surface area contributed by atoms with Crippen LogP contribution in [0, 0.1) is 17.8 Å². The Labute approximate surface area is 89.6 Å². The third-order valence-corrected chi connectivity index (χ3v) is 3.34. The summed E-state index contributed by atoms with van der Waals surface area (Å²) in [7, 11) is 1.37. The molecule has 0 bridgehead atoms. The van der Waals surface area contributed by atoms with Crippen LogP contribution in [0.3, 0.4) is 0 Å². The SMILES string of the molecule is COC(=O)C(C)C1CCCC(C(=O)O)C1. The zero-order valence-corrected chi connectivity index (χ0v) is 9.23. The monoisotopic (exact) mass is 214 g/mol. The van der Waals surface area contributed by atoms with Gasteiger partial charge in [0.2, 0.25) is 0 Å². The molecule has 0 aromatic heterocycles. The maximum Gasteiger partial charge on any atom is 0.308 e. The second-order valence-corrected chi connectivity index (χ2v) is 4.27. The maximum absolute atomic E-state index is 11.3. The Hall–Kier alpha value is -1.06. The number of hydrogen-bond acceptors (Lipinski definition) is 3. The highest BCUT2D eigenvalue weighted by atomic mass is 16.5. The molecule has 15 heavy (non-hydrogen) atoms. The molecule has 0 spiro atoms.